The van der Waals surface area contributed by atoms with Crippen LogP contribution >= 0.6 is 11.6 Å². The molecule has 0 aliphatic carbocycles. The third-order valence-corrected chi connectivity index (χ3v) is 3.61. The fraction of sp³-hybridized carbons (Fsp3) is 0.267. The molecule has 0 unspecified atom stereocenters. The van der Waals surface area contributed by atoms with Gasteiger partial charge < -0.3 is 10.2 Å². The van der Waals surface area contributed by atoms with E-state index in [2.05, 4.69) is 20.2 Å². The topological polar surface area (TPSA) is 58.1 Å². The van der Waals surface area contributed by atoms with Gasteiger partial charge in [-0.2, -0.15) is 0 Å². The van der Waals surface area contributed by atoms with E-state index >= 15 is 0 Å². The molecule has 1 aliphatic rings. The van der Waals surface area contributed by atoms with Crippen LogP contribution in [-0.4, -0.2) is 29.0 Å². The lowest BCUT2D eigenvalue weighted by atomic mass is 10.3. The highest BCUT2D eigenvalue weighted by Crippen LogP contribution is 2.17. The molecule has 0 spiro atoms. The van der Waals surface area contributed by atoms with E-state index < -0.39 is 0 Å². The summed E-state index contributed by atoms with van der Waals surface area (Å²) in [4.78, 5) is 22.8. The predicted octanol–water partition coefficient (Wildman–Crippen LogP) is 2.98. The van der Waals surface area contributed by atoms with Crippen molar-refractivity contribution in [2.24, 2.45) is 0 Å². The number of hydrogen-bond donors (Lipinski definition) is 1. The Morgan fingerprint density at radius 3 is 2.57 bits per heavy atom. The summed E-state index contributed by atoms with van der Waals surface area (Å²) in [6.07, 6.45) is 5.45. The Hall–Kier alpha value is -2.14. The maximum absolute atomic E-state index is 12.1. The van der Waals surface area contributed by atoms with Crippen LogP contribution in [0, 0.1) is 0 Å². The Labute approximate surface area is 128 Å². The van der Waals surface area contributed by atoms with Gasteiger partial charge in [-0.3, -0.25) is 4.79 Å². The van der Waals surface area contributed by atoms with Gasteiger partial charge in [-0.05, 0) is 31.0 Å². The molecule has 0 radical (unpaired) electrons. The first-order chi connectivity index (χ1) is 10.2. The Morgan fingerprint density at radius 2 is 1.90 bits per heavy atom. The van der Waals surface area contributed by atoms with Gasteiger partial charge in [0.2, 0.25) is 5.95 Å². The SMILES string of the molecule is O=C(Nc1cccc(Cl)c1)c1cnc(N2CCCC2)nc1. The minimum absolute atomic E-state index is 0.245. The van der Waals surface area contributed by atoms with Crippen molar-refractivity contribution in [3.8, 4) is 0 Å². The van der Waals surface area contributed by atoms with Crippen molar-refractivity contribution >= 4 is 29.1 Å². The van der Waals surface area contributed by atoms with Gasteiger partial charge in [-0.25, -0.2) is 9.97 Å². The van der Waals surface area contributed by atoms with Gasteiger partial charge in [0.1, 0.15) is 0 Å². The number of hydrogen-bond acceptors (Lipinski definition) is 4. The summed E-state index contributed by atoms with van der Waals surface area (Å²) >= 11 is 5.89. The van der Waals surface area contributed by atoms with Gasteiger partial charge >= 0.3 is 0 Å². The number of nitrogens with one attached hydrogen (secondary N) is 1. The second kappa shape index (κ2) is 6.10. The molecule has 1 aromatic carbocycles. The van der Waals surface area contributed by atoms with Crippen LogP contribution in [0.3, 0.4) is 0 Å². The number of nitrogens with zero attached hydrogens (tertiary/aromatic N) is 3. The summed E-state index contributed by atoms with van der Waals surface area (Å²) in [5.74, 6) is 0.442. The maximum atomic E-state index is 12.1. The lowest BCUT2D eigenvalue weighted by molar-refractivity contribution is 0.102. The second-order valence-electron chi connectivity index (χ2n) is 4.93. The third kappa shape index (κ3) is 3.31. The summed E-state index contributed by atoms with van der Waals surface area (Å²) in [5, 5.41) is 3.35. The van der Waals surface area contributed by atoms with Crippen molar-refractivity contribution in [3.63, 3.8) is 0 Å². The van der Waals surface area contributed by atoms with E-state index in [1.807, 2.05) is 0 Å². The first kappa shape index (κ1) is 13.8. The summed E-state index contributed by atoms with van der Waals surface area (Å²) < 4.78 is 0. The lowest BCUT2D eigenvalue weighted by Crippen LogP contribution is -2.21. The Bertz CT molecular complexity index is 638. The average Bonchev–Trinajstić information content (AvgIpc) is 3.01. The number of rotatable bonds is 3. The molecule has 108 valence electrons. The molecule has 2 aromatic rings. The fourth-order valence-electron chi connectivity index (χ4n) is 2.29. The van der Waals surface area contributed by atoms with Crippen LogP contribution in [0.2, 0.25) is 5.02 Å². The highest BCUT2D eigenvalue weighted by Gasteiger charge is 2.15. The fourth-order valence-corrected chi connectivity index (χ4v) is 2.48. The number of benzene rings is 1. The van der Waals surface area contributed by atoms with Crippen molar-refractivity contribution in [1.82, 2.24) is 9.97 Å². The van der Waals surface area contributed by atoms with Crippen LogP contribution in [-0.2, 0) is 0 Å². The van der Waals surface area contributed by atoms with Gasteiger partial charge in [0.05, 0.1) is 5.56 Å². The van der Waals surface area contributed by atoms with E-state index in [1.54, 1.807) is 36.7 Å². The molecule has 3 rings (SSSR count). The van der Waals surface area contributed by atoms with Gasteiger partial charge in [-0.1, -0.05) is 17.7 Å². The highest BCUT2D eigenvalue weighted by molar-refractivity contribution is 6.30. The molecule has 5 nitrogen and oxygen atoms in total. The maximum Gasteiger partial charge on any atom is 0.258 e. The minimum Gasteiger partial charge on any atom is -0.341 e. The molecule has 1 fully saturated rings. The monoisotopic (exact) mass is 302 g/mol. The third-order valence-electron chi connectivity index (χ3n) is 3.37. The van der Waals surface area contributed by atoms with E-state index in [1.165, 1.54) is 12.8 Å². The summed E-state index contributed by atoms with van der Waals surface area (Å²) in [5.41, 5.74) is 1.08. The van der Waals surface area contributed by atoms with Crippen molar-refractivity contribution in [3.05, 3.63) is 47.2 Å². The molecule has 6 heteroatoms. The molecule has 2 heterocycles. The number of aromatic nitrogens is 2. The van der Waals surface area contributed by atoms with Crippen molar-refractivity contribution < 1.29 is 4.79 Å². The van der Waals surface area contributed by atoms with Crippen LogP contribution in [0.15, 0.2) is 36.7 Å². The molecule has 0 atom stereocenters. The summed E-state index contributed by atoms with van der Waals surface area (Å²) in [6, 6.07) is 7.01. The standard InChI is InChI=1S/C15H15ClN4O/c16-12-4-3-5-13(8-12)19-14(21)11-9-17-15(18-10-11)20-6-1-2-7-20/h3-5,8-10H,1-2,6-7H2,(H,19,21). The lowest BCUT2D eigenvalue weighted by Gasteiger charge is -2.14. The van der Waals surface area contributed by atoms with Crippen molar-refractivity contribution in [2.75, 3.05) is 23.3 Å². The molecule has 1 saturated heterocycles. The Morgan fingerprint density at radius 1 is 1.19 bits per heavy atom. The summed E-state index contributed by atoms with van der Waals surface area (Å²) in [6.45, 7) is 1.96. The van der Waals surface area contributed by atoms with Gasteiger partial charge in [0.25, 0.3) is 5.91 Å². The van der Waals surface area contributed by atoms with Crippen LogP contribution in [0.25, 0.3) is 0 Å². The molecule has 1 aromatic heterocycles. The first-order valence-electron chi connectivity index (χ1n) is 6.86. The zero-order valence-electron chi connectivity index (χ0n) is 11.4. The Kier molecular flexibility index (Phi) is 4.01. The molecule has 1 N–H and O–H groups in total. The van der Waals surface area contributed by atoms with E-state index in [0.29, 0.717) is 22.2 Å². The average molecular weight is 303 g/mol. The predicted molar refractivity (Wildman–Crippen MR) is 82.9 cm³/mol. The quantitative estimate of drug-likeness (QED) is 0.947. The van der Waals surface area contributed by atoms with E-state index in [9.17, 15) is 4.79 Å². The van der Waals surface area contributed by atoms with Crippen LogP contribution in [0.1, 0.15) is 23.2 Å². The molecular formula is C15H15ClN4O. The number of anilines is 2. The van der Waals surface area contributed by atoms with Gasteiger partial charge in [0, 0.05) is 36.2 Å². The summed E-state index contributed by atoms with van der Waals surface area (Å²) in [7, 11) is 0. The largest absolute Gasteiger partial charge is 0.341 e. The number of amides is 1. The molecule has 1 amide bonds. The number of carbonyl (C=O) groups is 1. The number of halogens is 1. The smallest absolute Gasteiger partial charge is 0.258 e. The highest BCUT2D eigenvalue weighted by atomic mass is 35.5. The van der Waals surface area contributed by atoms with Crippen LogP contribution in [0.4, 0.5) is 11.6 Å². The Balaban J connectivity index is 1.70. The zero-order chi connectivity index (χ0) is 14.7. The molecule has 1 aliphatic heterocycles. The molecule has 0 saturated carbocycles. The van der Waals surface area contributed by atoms with Gasteiger partial charge in [0.15, 0.2) is 0 Å². The molecule has 0 bridgehead atoms. The van der Waals surface area contributed by atoms with E-state index in [4.69, 9.17) is 11.6 Å². The van der Waals surface area contributed by atoms with Crippen molar-refractivity contribution in [2.45, 2.75) is 12.8 Å². The van der Waals surface area contributed by atoms with Crippen LogP contribution < -0.4 is 10.2 Å². The zero-order valence-corrected chi connectivity index (χ0v) is 12.2. The van der Waals surface area contributed by atoms with E-state index in [-0.39, 0.29) is 5.91 Å². The van der Waals surface area contributed by atoms with Crippen molar-refractivity contribution in [1.29, 1.82) is 0 Å². The first-order valence-corrected chi connectivity index (χ1v) is 7.24. The second-order valence-corrected chi connectivity index (χ2v) is 5.37. The minimum atomic E-state index is -0.245. The van der Waals surface area contributed by atoms with Crippen LogP contribution in [0.5, 0.6) is 0 Å². The van der Waals surface area contributed by atoms with E-state index in [0.717, 1.165) is 13.1 Å². The molecule has 21 heavy (non-hydrogen) atoms. The normalized spacial score (nSPS) is 14.2. The number of carbonyl (C=O) groups excluding carboxylic acids is 1. The van der Waals surface area contributed by atoms with Gasteiger partial charge in [-0.15, -0.1) is 0 Å². The molecular weight excluding hydrogens is 288 g/mol.